The molecule has 7 rings (SSSR count). The number of rotatable bonds is 41. The van der Waals surface area contributed by atoms with Crippen LogP contribution in [0.3, 0.4) is 0 Å². The maximum atomic E-state index is 14.0. The minimum Gasteiger partial charge on any atom is -0.508 e. The molecular weight excluding hydrogens is 1180 g/mol. The zero-order valence-electron chi connectivity index (χ0n) is 51.2. The van der Waals surface area contributed by atoms with E-state index in [1.807, 2.05) is 6.92 Å². The molecule has 28 nitrogen and oxygen atoms in total. The number of hydrogen-bond acceptors (Lipinski definition) is 22. The van der Waals surface area contributed by atoms with E-state index in [4.69, 9.17) is 69.0 Å². The lowest BCUT2D eigenvalue weighted by atomic mass is 9.79. The number of esters is 2. The van der Waals surface area contributed by atoms with Crippen molar-refractivity contribution in [2.24, 2.45) is 17.0 Å². The number of imide groups is 1. The van der Waals surface area contributed by atoms with Crippen molar-refractivity contribution >= 4 is 52.3 Å². The Balaban J connectivity index is 0.000000543. The van der Waals surface area contributed by atoms with Crippen LogP contribution in [0.4, 0.5) is 0 Å². The highest BCUT2D eigenvalue weighted by atomic mass is 16.6. The van der Waals surface area contributed by atoms with Gasteiger partial charge in [-0.25, -0.2) is 9.78 Å². The largest absolute Gasteiger partial charge is 0.508 e. The van der Waals surface area contributed by atoms with E-state index in [2.05, 4.69) is 26.6 Å². The maximum Gasteiger partial charge on any atom is 0.355 e. The highest BCUT2D eigenvalue weighted by Gasteiger charge is 2.50. The van der Waals surface area contributed by atoms with Crippen LogP contribution in [-0.4, -0.2) is 206 Å². The van der Waals surface area contributed by atoms with Crippen molar-refractivity contribution in [3.63, 3.8) is 0 Å². The molecule has 28 heteroatoms. The van der Waals surface area contributed by atoms with Crippen molar-refractivity contribution in [2.75, 3.05) is 145 Å². The second kappa shape index (κ2) is 38.8. The van der Waals surface area contributed by atoms with Crippen molar-refractivity contribution in [2.45, 2.75) is 84.0 Å². The van der Waals surface area contributed by atoms with E-state index in [-0.39, 0.29) is 73.1 Å². The molecule has 490 valence electrons. The Morgan fingerprint density at radius 2 is 1.33 bits per heavy atom. The number of aromatic hydroxyl groups is 1. The number of azide groups is 1. The Morgan fingerprint density at radius 3 is 1.89 bits per heavy atom. The number of amides is 4. The summed E-state index contributed by atoms with van der Waals surface area (Å²) in [5.41, 5.74) is 9.53. The lowest BCUT2D eigenvalue weighted by Gasteiger charge is -2.35. The fraction of sp³-hybridized carbons (Fsp3) is 0.597. The zero-order chi connectivity index (χ0) is 64.5. The maximum absolute atomic E-state index is 14.0. The number of carbonyl (C=O) groups excluding carboxylic acids is 7. The molecule has 4 aliphatic rings. The number of fused-ring (bicyclic) bond motifs is 5. The van der Waals surface area contributed by atoms with E-state index in [0.717, 1.165) is 42.2 Å². The number of Topliss-reactive ketones (excluding diaryl/α,β-unsaturated/α-hetero) is 1. The molecule has 1 atom stereocenters. The number of benzene rings is 1. The van der Waals surface area contributed by atoms with E-state index >= 15 is 0 Å². The monoisotopic (exact) mass is 1260 g/mol. The first-order chi connectivity index (χ1) is 43.7. The molecule has 1 aromatic carbocycles. The molecule has 2 aromatic heterocycles. The average molecular weight is 1260 g/mol. The molecule has 3 aliphatic heterocycles. The number of ether oxygens (including phenoxy) is 11. The number of nitrogens with one attached hydrogen (secondary N) is 2. The van der Waals surface area contributed by atoms with Gasteiger partial charge < -0.3 is 72.4 Å². The van der Waals surface area contributed by atoms with Crippen molar-refractivity contribution in [3.8, 4) is 29.5 Å². The van der Waals surface area contributed by atoms with Crippen LogP contribution in [0.5, 0.6) is 5.75 Å². The highest BCUT2D eigenvalue weighted by Crippen LogP contribution is 2.42. The summed E-state index contributed by atoms with van der Waals surface area (Å²) in [6, 6.07) is 6.53. The molecule has 3 N–H and O–H groups in total. The van der Waals surface area contributed by atoms with Gasteiger partial charge in [-0.05, 0) is 79.8 Å². The molecule has 90 heavy (non-hydrogen) atoms. The Labute approximate surface area is 521 Å². The summed E-state index contributed by atoms with van der Waals surface area (Å²) in [5, 5.41) is 19.3. The van der Waals surface area contributed by atoms with E-state index < -0.39 is 54.7 Å². The van der Waals surface area contributed by atoms with Gasteiger partial charge in [0.15, 0.2) is 0 Å². The van der Waals surface area contributed by atoms with Gasteiger partial charge in [-0.2, -0.15) is 0 Å². The number of nitrogens with zero attached hydrogens (tertiary/aromatic N) is 6. The third kappa shape index (κ3) is 21.8. The number of hydrogen-bond donors (Lipinski definition) is 3. The fourth-order valence-electron chi connectivity index (χ4n) is 10.4. The van der Waals surface area contributed by atoms with Crippen molar-refractivity contribution in [1.29, 1.82) is 0 Å². The first-order valence-electron chi connectivity index (χ1n) is 30.3. The molecular formula is C62H82N8O20. The summed E-state index contributed by atoms with van der Waals surface area (Å²) in [5.74, 6) is -0.169. The normalized spacial score (nSPS) is 17.1. The highest BCUT2D eigenvalue weighted by molar-refractivity contribution is 6.12. The molecule has 3 aromatic rings. The van der Waals surface area contributed by atoms with E-state index in [9.17, 15) is 43.5 Å². The zero-order valence-corrected chi connectivity index (χ0v) is 51.2. The van der Waals surface area contributed by atoms with Crippen LogP contribution in [0.15, 0.2) is 46.3 Å². The number of phenolic OH excluding ortho intramolecular Hbond substituents is 1. The van der Waals surface area contributed by atoms with Crippen LogP contribution in [0.2, 0.25) is 0 Å². The third-order valence-corrected chi connectivity index (χ3v) is 15.0. The first kappa shape index (κ1) is 71.4. The summed E-state index contributed by atoms with van der Waals surface area (Å²) >= 11 is 0. The second-order valence-corrected chi connectivity index (χ2v) is 21.0. The number of carbonyl (C=O) groups is 7. The fourth-order valence-corrected chi connectivity index (χ4v) is 10.4. The Hall–Kier alpha value is -7.68. The third-order valence-electron chi connectivity index (χ3n) is 15.0. The molecule has 1 aliphatic carbocycles. The number of terminal acetylenes is 1. The Morgan fingerprint density at radius 1 is 0.767 bits per heavy atom. The van der Waals surface area contributed by atoms with Crippen LogP contribution in [0, 0.1) is 24.2 Å². The molecule has 0 spiro atoms. The van der Waals surface area contributed by atoms with Gasteiger partial charge in [0.05, 0.1) is 135 Å². The summed E-state index contributed by atoms with van der Waals surface area (Å²) in [6.07, 6.45) is 12.8. The van der Waals surface area contributed by atoms with Crippen molar-refractivity contribution < 1.29 is 90.8 Å². The molecule has 0 radical (unpaired) electrons. The minimum atomic E-state index is -1.97. The Bertz CT molecular complexity index is 3080. The number of pyridine rings is 2. The molecule has 1 saturated carbocycles. The van der Waals surface area contributed by atoms with Gasteiger partial charge in [-0.1, -0.05) is 19.0 Å². The van der Waals surface area contributed by atoms with Crippen LogP contribution >= 0.6 is 0 Å². The smallest absolute Gasteiger partial charge is 0.355 e. The predicted octanol–water partition coefficient (Wildman–Crippen LogP) is 3.29. The van der Waals surface area contributed by atoms with Gasteiger partial charge in [0.1, 0.15) is 37.9 Å². The summed E-state index contributed by atoms with van der Waals surface area (Å²) in [7, 11) is 0. The van der Waals surface area contributed by atoms with Gasteiger partial charge in [-0.15, -0.1) is 12.3 Å². The van der Waals surface area contributed by atoms with Gasteiger partial charge in [0.25, 0.3) is 17.4 Å². The lowest BCUT2D eigenvalue weighted by Crippen LogP contribution is -2.49. The van der Waals surface area contributed by atoms with Crippen LogP contribution in [0.25, 0.3) is 32.7 Å². The summed E-state index contributed by atoms with van der Waals surface area (Å²) in [4.78, 5) is 109. The summed E-state index contributed by atoms with van der Waals surface area (Å²) < 4.78 is 61.2. The Kier molecular flexibility index (Phi) is 30.8. The van der Waals surface area contributed by atoms with Crippen molar-refractivity contribution in [1.82, 2.24) is 25.1 Å². The standard InChI is InChI=1S/C46H63N7O17.C16H19NO3/c1-3-33-34-25-32(54)5-6-38(34)51-43-35(33)28-53-39(43)26-37-36(44(53)58)29-69-45(59)46(37,4-2)70-42(57)27-49-41(56)31-68-30-40(55)48-7-9-60-11-13-62-15-17-64-19-21-66-23-24-67-22-20-65-18-16-63-14-12-61-10-8-50-52-47;1-2-3-4-14(18)13-7-5-12(6-8-13)11-17-15(19)9-10-16(17)20/h5-6,25-26,54H,3-4,7-24,27-31H2,1-2H3,(H,48,55)(H,49,56);1,9-10,12-13H,3-8,11H2/t46-;/m0./s1. The van der Waals surface area contributed by atoms with Crippen LogP contribution in [0.1, 0.15) is 81.0 Å². The molecule has 4 amide bonds. The van der Waals surface area contributed by atoms with Crippen LogP contribution < -0.4 is 16.2 Å². The number of aryl methyl sites for hydroxylation is 1. The molecule has 0 unspecified atom stereocenters. The SMILES string of the molecule is C#CCCC(=O)C1CCC(CN2C(=O)C=CC2=O)CC1.CCc1c2c(nc3ccc(O)cc13)-c1cc3c(c(=O)n1C2)COC(=O)[C@@]3(CC)OC(=O)CNC(=O)COCC(=O)NCCOCCOCCOCCOCCOCCOCCOCCOCCN=[N+]=[N-]. The molecule has 5 heterocycles. The number of phenols is 1. The van der Waals surface area contributed by atoms with Crippen LogP contribution in [-0.2, 0) is 111 Å². The molecule has 1 fully saturated rings. The first-order valence-corrected chi connectivity index (χ1v) is 30.3. The number of ketones is 1. The van der Waals surface area contributed by atoms with Crippen molar-refractivity contribution in [3.05, 3.63) is 79.5 Å². The van der Waals surface area contributed by atoms with E-state index in [1.165, 1.54) is 23.1 Å². The molecule has 0 bridgehead atoms. The van der Waals surface area contributed by atoms with Gasteiger partial charge in [-0.3, -0.25) is 38.5 Å². The van der Waals surface area contributed by atoms with Gasteiger partial charge in [0.2, 0.25) is 17.4 Å². The lowest BCUT2D eigenvalue weighted by molar-refractivity contribution is -0.189. The second-order valence-electron chi connectivity index (χ2n) is 21.0. The average Bonchev–Trinajstić information content (AvgIpc) is 1.44. The quantitative estimate of drug-likeness (QED) is 0.0109. The van der Waals surface area contributed by atoms with E-state index in [1.54, 1.807) is 29.7 Å². The van der Waals surface area contributed by atoms with Gasteiger partial charge >= 0.3 is 11.9 Å². The van der Waals surface area contributed by atoms with Gasteiger partial charge in [0, 0.05) is 72.0 Å². The minimum absolute atomic E-state index is 0.0666. The number of aromatic nitrogens is 2. The predicted molar refractivity (Wildman–Crippen MR) is 321 cm³/mol. The molecule has 0 saturated heterocycles. The summed E-state index contributed by atoms with van der Waals surface area (Å²) in [6.45, 7) is 9.25. The number of cyclic esters (lactones) is 1. The van der Waals surface area contributed by atoms with E-state index in [0.29, 0.717) is 154 Å². The topological polar surface area (TPSA) is 352 Å².